The van der Waals surface area contributed by atoms with Crippen LogP contribution in [0.25, 0.3) is 0 Å². The first-order valence-corrected chi connectivity index (χ1v) is 7.21. The van der Waals surface area contributed by atoms with E-state index in [1.165, 1.54) is 12.8 Å². The van der Waals surface area contributed by atoms with Gasteiger partial charge in [0.25, 0.3) is 0 Å². The second-order valence-corrected chi connectivity index (χ2v) is 5.20. The second-order valence-electron chi connectivity index (χ2n) is 5.20. The number of halogens is 1. The Morgan fingerprint density at radius 2 is 2.10 bits per heavy atom. The van der Waals surface area contributed by atoms with Crippen molar-refractivity contribution in [3.05, 3.63) is 24.2 Å². The Balaban J connectivity index is 0.00000400. The molecule has 0 aliphatic rings. The van der Waals surface area contributed by atoms with Gasteiger partial charge in [-0.25, -0.2) is 0 Å². The summed E-state index contributed by atoms with van der Waals surface area (Å²) >= 11 is 0. The third kappa shape index (κ3) is 6.69. The summed E-state index contributed by atoms with van der Waals surface area (Å²) in [6.45, 7) is 3.98. The Labute approximate surface area is 145 Å². The fourth-order valence-corrected chi connectivity index (χ4v) is 2.09. The molecule has 1 atom stereocenters. The Hall–Kier alpha value is -0.760. The molecule has 0 saturated carbocycles. The van der Waals surface area contributed by atoms with Crippen LogP contribution in [-0.2, 0) is 0 Å². The number of hydrogen-bond donors (Lipinski definition) is 1. The Morgan fingerprint density at radius 3 is 2.57 bits per heavy atom. The van der Waals surface area contributed by atoms with E-state index in [9.17, 15) is 0 Å². The van der Waals surface area contributed by atoms with Crippen LogP contribution in [0.2, 0.25) is 0 Å². The molecule has 0 amide bonds. The lowest BCUT2D eigenvalue weighted by molar-refractivity contribution is 0.256. The molecule has 0 saturated heterocycles. The molecule has 0 bridgehead atoms. The molecule has 21 heavy (non-hydrogen) atoms. The van der Waals surface area contributed by atoms with Gasteiger partial charge in [0.15, 0.2) is 5.96 Å². The smallest absolute Gasteiger partial charge is 0.193 e. The lowest BCUT2D eigenvalue weighted by Gasteiger charge is -2.26. The molecule has 1 aromatic heterocycles. The summed E-state index contributed by atoms with van der Waals surface area (Å²) < 4.78 is 5.51. The van der Waals surface area contributed by atoms with Crippen molar-refractivity contribution >= 4 is 29.9 Å². The van der Waals surface area contributed by atoms with Crippen LogP contribution in [0.1, 0.15) is 31.6 Å². The van der Waals surface area contributed by atoms with Gasteiger partial charge < -0.3 is 14.6 Å². The first kappa shape index (κ1) is 20.2. The van der Waals surface area contributed by atoms with Crippen LogP contribution in [-0.4, -0.2) is 57.0 Å². The van der Waals surface area contributed by atoms with Crippen molar-refractivity contribution in [3.8, 4) is 0 Å². The molecule has 1 heterocycles. The van der Waals surface area contributed by atoms with Crippen molar-refractivity contribution in [2.75, 3.05) is 41.3 Å². The van der Waals surface area contributed by atoms with Crippen LogP contribution in [0.4, 0.5) is 0 Å². The molecule has 0 fully saturated rings. The summed E-state index contributed by atoms with van der Waals surface area (Å²) in [5.74, 6) is 1.89. The fraction of sp³-hybridized carbons (Fsp3) is 0.667. The first-order valence-electron chi connectivity index (χ1n) is 7.21. The number of nitrogens with zero attached hydrogens (tertiary/aromatic N) is 3. The Bertz CT molecular complexity index is 392. The molecule has 6 heteroatoms. The summed E-state index contributed by atoms with van der Waals surface area (Å²) in [6.07, 6.45) is 4.08. The van der Waals surface area contributed by atoms with Gasteiger partial charge in [0.1, 0.15) is 5.76 Å². The van der Waals surface area contributed by atoms with Crippen LogP contribution in [0.15, 0.2) is 27.8 Å². The molecule has 122 valence electrons. The summed E-state index contributed by atoms with van der Waals surface area (Å²) in [4.78, 5) is 8.64. The van der Waals surface area contributed by atoms with E-state index in [-0.39, 0.29) is 30.0 Å². The van der Waals surface area contributed by atoms with E-state index in [1.807, 2.05) is 19.2 Å². The van der Waals surface area contributed by atoms with Crippen LogP contribution in [0.3, 0.4) is 0 Å². The Kier molecular flexibility index (Phi) is 10.5. The minimum atomic E-state index is 0. The number of likely N-dealkylation sites (N-methyl/N-ethyl adjacent to an activating group) is 1. The van der Waals surface area contributed by atoms with Crippen molar-refractivity contribution in [1.29, 1.82) is 0 Å². The van der Waals surface area contributed by atoms with Crippen LogP contribution < -0.4 is 5.32 Å². The molecule has 1 unspecified atom stereocenters. The Morgan fingerprint density at radius 1 is 1.38 bits per heavy atom. The minimum absolute atomic E-state index is 0. The lowest BCUT2D eigenvalue weighted by Crippen LogP contribution is -2.43. The van der Waals surface area contributed by atoms with Crippen LogP contribution in [0.5, 0.6) is 0 Å². The highest BCUT2D eigenvalue weighted by atomic mass is 127. The first-order chi connectivity index (χ1) is 9.60. The zero-order valence-electron chi connectivity index (χ0n) is 13.8. The maximum absolute atomic E-state index is 5.51. The molecule has 0 aliphatic heterocycles. The molecular weight excluding hydrogens is 379 g/mol. The van der Waals surface area contributed by atoms with Crippen molar-refractivity contribution < 1.29 is 4.42 Å². The molecule has 0 aromatic carbocycles. The van der Waals surface area contributed by atoms with Gasteiger partial charge in [0, 0.05) is 27.2 Å². The van der Waals surface area contributed by atoms with Crippen molar-refractivity contribution in [2.24, 2.45) is 4.99 Å². The monoisotopic (exact) mass is 408 g/mol. The summed E-state index contributed by atoms with van der Waals surface area (Å²) in [5.41, 5.74) is 0. The summed E-state index contributed by atoms with van der Waals surface area (Å²) in [5, 5.41) is 3.42. The number of unbranched alkanes of at least 4 members (excludes halogenated alkanes) is 1. The molecule has 0 aliphatic carbocycles. The number of nitrogens with one attached hydrogen (secondary N) is 1. The van der Waals surface area contributed by atoms with E-state index in [0.29, 0.717) is 0 Å². The highest BCUT2D eigenvalue weighted by molar-refractivity contribution is 14.0. The van der Waals surface area contributed by atoms with E-state index < -0.39 is 0 Å². The molecule has 1 rings (SSSR count). The van der Waals surface area contributed by atoms with E-state index in [0.717, 1.165) is 24.8 Å². The average Bonchev–Trinajstić information content (AvgIpc) is 2.94. The predicted molar refractivity (Wildman–Crippen MR) is 99.5 cm³/mol. The second kappa shape index (κ2) is 10.9. The van der Waals surface area contributed by atoms with Gasteiger partial charge in [-0.2, -0.15) is 0 Å². The zero-order valence-corrected chi connectivity index (χ0v) is 16.1. The standard InChI is InChI=1S/C15H28N4O.HI/c1-6-7-10-19(5)15(16-2)17-12-13(18(3)4)14-9-8-11-20-14;/h8-9,11,13H,6-7,10,12H2,1-5H3,(H,16,17);1H. The maximum Gasteiger partial charge on any atom is 0.193 e. The van der Waals surface area contributed by atoms with E-state index in [1.54, 1.807) is 6.26 Å². The average molecular weight is 408 g/mol. The summed E-state index contributed by atoms with van der Waals surface area (Å²) in [7, 11) is 8.00. The highest BCUT2D eigenvalue weighted by Gasteiger charge is 2.17. The fourth-order valence-electron chi connectivity index (χ4n) is 2.09. The quantitative estimate of drug-likeness (QED) is 0.428. The maximum atomic E-state index is 5.51. The minimum Gasteiger partial charge on any atom is -0.468 e. The van der Waals surface area contributed by atoms with Crippen LogP contribution >= 0.6 is 24.0 Å². The number of furan rings is 1. The number of rotatable bonds is 7. The van der Waals surface area contributed by atoms with Gasteiger partial charge in [-0.15, -0.1) is 24.0 Å². The van der Waals surface area contributed by atoms with E-state index in [2.05, 4.69) is 48.2 Å². The molecule has 0 spiro atoms. The number of aliphatic imine (C=N–C) groups is 1. The largest absolute Gasteiger partial charge is 0.468 e. The normalized spacial score (nSPS) is 13.0. The molecule has 5 nitrogen and oxygen atoms in total. The van der Waals surface area contributed by atoms with Crippen molar-refractivity contribution in [1.82, 2.24) is 15.1 Å². The van der Waals surface area contributed by atoms with Gasteiger partial charge in [0.2, 0.25) is 0 Å². The molecule has 1 N–H and O–H groups in total. The van der Waals surface area contributed by atoms with E-state index >= 15 is 0 Å². The lowest BCUT2D eigenvalue weighted by atomic mass is 10.2. The third-order valence-corrected chi connectivity index (χ3v) is 3.37. The topological polar surface area (TPSA) is 44.0 Å². The van der Waals surface area contributed by atoms with Crippen molar-refractivity contribution in [3.63, 3.8) is 0 Å². The SMILES string of the molecule is CCCCN(C)C(=NC)NCC(c1ccco1)N(C)C.I. The zero-order chi connectivity index (χ0) is 15.0. The number of hydrogen-bond acceptors (Lipinski definition) is 3. The van der Waals surface area contributed by atoms with Crippen molar-refractivity contribution in [2.45, 2.75) is 25.8 Å². The van der Waals surface area contributed by atoms with Crippen LogP contribution in [0, 0.1) is 0 Å². The van der Waals surface area contributed by atoms with E-state index in [4.69, 9.17) is 4.42 Å². The van der Waals surface area contributed by atoms with Gasteiger partial charge >= 0.3 is 0 Å². The third-order valence-electron chi connectivity index (χ3n) is 3.37. The predicted octanol–water partition coefficient (Wildman–Crippen LogP) is 2.81. The van der Waals surface area contributed by atoms with Gasteiger partial charge in [-0.1, -0.05) is 13.3 Å². The molecule has 0 radical (unpaired) electrons. The molecule has 1 aromatic rings. The highest BCUT2D eigenvalue weighted by Crippen LogP contribution is 2.17. The summed E-state index contributed by atoms with van der Waals surface area (Å²) in [6, 6.07) is 4.13. The van der Waals surface area contributed by atoms with Gasteiger partial charge in [-0.3, -0.25) is 9.89 Å². The van der Waals surface area contributed by atoms with Gasteiger partial charge in [-0.05, 0) is 32.6 Å². The number of guanidine groups is 1. The molecular formula is C15H29IN4O. The van der Waals surface area contributed by atoms with Gasteiger partial charge in [0.05, 0.1) is 12.3 Å².